The molecule has 0 saturated carbocycles. The molecule has 2 fully saturated rings. The van der Waals surface area contributed by atoms with Gasteiger partial charge < -0.3 is 14.3 Å². The van der Waals surface area contributed by atoms with Crippen LogP contribution < -0.4 is 0 Å². The molecule has 6 nitrogen and oxygen atoms in total. The molecule has 2 aromatic rings. The number of piperidine rings is 2. The van der Waals surface area contributed by atoms with Gasteiger partial charge in [-0.15, -0.1) is 0 Å². The quantitative estimate of drug-likeness (QED) is 0.848. The fraction of sp³-hybridized carbons (Fsp3) is 0.550. The Kier molecular flexibility index (Phi) is 5.02. The lowest BCUT2D eigenvalue weighted by Gasteiger charge is -2.41. The highest BCUT2D eigenvalue weighted by Crippen LogP contribution is 2.30. The monoisotopic (exact) mass is 354 g/mol. The van der Waals surface area contributed by atoms with E-state index in [1.54, 1.807) is 6.92 Å². The zero-order valence-corrected chi connectivity index (χ0v) is 15.3. The van der Waals surface area contributed by atoms with Crippen molar-refractivity contribution in [2.24, 2.45) is 0 Å². The molecule has 6 heteroatoms. The van der Waals surface area contributed by atoms with Crippen molar-refractivity contribution in [2.75, 3.05) is 26.2 Å². The molecule has 26 heavy (non-hydrogen) atoms. The third kappa shape index (κ3) is 3.65. The normalized spacial score (nSPS) is 20.4. The van der Waals surface area contributed by atoms with E-state index in [4.69, 9.17) is 4.52 Å². The SMILES string of the molecule is CC(=O)N1CCC(N2CCC(c3nc(-c4ccccc4)no3)CC2)CC1. The second-order valence-corrected chi connectivity index (χ2v) is 7.37. The minimum absolute atomic E-state index is 0.202. The van der Waals surface area contributed by atoms with Gasteiger partial charge in [-0.2, -0.15) is 4.98 Å². The Bertz CT molecular complexity index is 729. The molecule has 4 rings (SSSR count). The van der Waals surface area contributed by atoms with Gasteiger partial charge in [-0.05, 0) is 38.8 Å². The molecule has 2 aliphatic heterocycles. The summed E-state index contributed by atoms with van der Waals surface area (Å²) in [6.45, 7) is 5.59. The molecule has 0 radical (unpaired) electrons. The van der Waals surface area contributed by atoms with Crippen LogP contribution in [0.1, 0.15) is 44.4 Å². The summed E-state index contributed by atoms with van der Waals surface area (Å²) in [5, 5.41) is 4.16. The number of carbonyl (C=O) groups is 1. The number of amides is 1. The van der Waals surface area contributed by atoms with E-state index in [9.17, 15) is 4.79 Å². The van der Waals surface area contributed by atoms with Crippen LogP contribution in [0.4, 0.5) is 0 Å². The number of aromatic nitrogens is 2. The van der Waals surface area contributed by atoms with Crippen LogP contribution in [0.3, 0.4) is 0 Å². The molecule has 1 aromatic heterocycles. The summed E-state index contributed by atoms with van der Waals surface area (Å²) < 4.78 is 5.56. The highest BCUT2D eigenvalue weighted by atomic mass is 16.5. The zero-order valence-electron chi connectivity index (χ0n) is 15.3. The third-order valence-electron chi connectivity index (χ3n) is 5.78. The van der Waals surface area contributed by atoms with Crippen LogP contribution in [0.2, 0.25) is 0 Å². The van der Waals surface area contributed by atoms with Gasteiger partial charge >= 0.3 is 0 Å². The lowest BCUT2D eigenvalue weighted by atomic mass is 9.93. The Morgan fingerprint density at radius 3 is 2.38 bits per heavy atom. The fourth-order valence-corrected chi connectivity index (χ4v) is 4.16. The van der Waals surface area contributed by atoms with Crippen molar-refractivity contribution in [1.29, 1.82) is 0 Å². The average Bonchev–Trinajstić information content (AvgIpc) is 3.19. The molecule has 0 bridgehead atoms. The molecular weight excluding hydrogens is 328 g/mol. The first kappa shape index (κ1) is 17.2. The summed E-state index contributed by atoms with van der Waals surface area (Å²) in [5.74, 6) is 2.01. The Hall–Kier alpha value is -2.21. The highest BCUT2D eigenvalue weighted by Gasteiger charge is 2.31. The average molecular weight is 354 g/mol. The summed E-state index contributed by atoms with van der Waals surface area (Å²) in [6.07, 6.45) is 4.29. The van der Waals surface area contributed by atoms with Gasteiger partial charge in [0.1, 0.15) is 0 Å². The van der Waals surface area contributed by atoms with Crippen molar-refractivity contribution in [3.63, 3.8) is 0 Å². The van der Waals surface area contributed by atoms with Gasteiger partial charge in [-0.25, -0.2) is 0 Å². The van der Waals surface area contributed by atoms with Crippen LogP contribution in [-0.4, -0.2) is 58.1 Å². The topological polar surface area (TPSA) is 62.5 Å². The van der Waals surface area contributed by atoms with Crippen molar-refractivity contribution < 1.29 is 9.32 Å². The van der Waals surface area contributed by atoms with E-state index < -0.39 is 0 Å². The Balaban J connectivity index is 1.32. The van der Waals surface area contributed by atoms with Gasteiger partial charge in [0.05, 0.1) is 0 Å². The third-order valence-corrected chi connectivity index (χ3v) is 5.78. The maximum atomic E-state index is 11.5. The van der Waals surface area contributed by atoms with Gasteiger partial charge in [-0.3, -0.25) is 4.79 Å². The zero-order chi connectivity index (χ0) is 17.9. The summed E-state index contributed by atoms with van der Waals surface area (Å²) in [4.78, 5) is 20.7. The minimum atomic E-state index is 0.202. The van der Waals surface area contributed by atoms with E-state index in [0.717, 1.165) is 63.3 Å². The van der Waals surface area contributed by atoms with Gasteiger partial charge in [0, 0.05) is 37.5 Å². The lowest BCUT2D eigenvalue weighted by molar-refractivity contribution is -0.130. The number of hydrogen-bond donors (Lipinski definition) is 0. The molecule has 0 aliphatic carbocycles. The first-order valence-electron chi connectivity index (χ1n) is 9.59. The fourth-order valence-electron chi connectivity index (χ4n) is 4.16. The second-order valence-electron chi connectivity index (χ2n) is 7.37. The number of likely N-dealkylation sites (tertiary alicyclic amines) is 2. The molecule has 0 spiro atoms. The molecule has 1 aromatic carbocycles. The molecule has 138 valence electrons. The molecule has 0 atom stereocenters. The molecule has 2 aliphatic rings. The summed E-state index contributed by atoms with van der Waals surface area (Å²) in [7, 11) is 0. The van der Waals surface area contributed by atoms with E-state index in [1.165, 1.54) is 0 Å². The predicted molar refractivity (Wildman–Crippen MR) is 98.6 cm³/mol. The molecule has 3 heterocycles. The van der Waals surface area contributed by atoms with E-state index in [0.29, 0.717) is 17.8 Å². The van der Waals surface area contributed by atoms with Crippen molar-refractivity contribution in [3.05, 3.63) is 36.2 Å². The maximum absolute atomic E-state index is 11.5. The van der Waals surface area contributed by atoms with Crippen molar-refractivity contribution >= 4 is 5.91 Å². The Labute approximate surface area is 154 Å². The smallest absolute Gasteiger partial charge is 0.230 e. The predicted octanol–water partition coefficient (Wildman–Crippen LogP) is 2.93. The number of benzene rings is 1. The molecular formula is C20H26N4O2. The molecule has 0 N–H and O–H groups in total. The first-order chi connectivity index (χ1) is 12.7. The highest BCUT2D eigenvalue weighted by molar-refractivity contribution is 5.73. The van der Waals surface area contributed by atoms with Crippen LogP contribution in [0.25, 0.3) is 11.4 Å². The van der Waals surface area contributed by atoms with Gasteiger partial charge in [0.25, 0.3) is 0 Å². The van der Waals surface area contributed by atoms with Crippen molar-refractivity contribution in [2.45, 2.75) is 44.6 Å². The standard InChI is InChI=1S/C20H26N4O2/c1-15(25)23-13-9-18(10-14-23)24-11-7-17(8-12-24)20-21-19(22-26-20)16-5-3-2-4-6-16/h2-6,17-18H,7-14H2,1H3. The van der Waals surface area contributed by atoms with Crippen LogP contribution in [0.5, 0.6) is 0 Å². The van der Waals surface area contributed by atoms with Crippen LogP contribution >= 0.6 is 0 Å². The molecule has 1 amide bonds. The number of nitrogens with zero attached hydrogens (tertiary/aromatic N) is 4. The van der Waals surface area contributed by atoms with Crippen LogP contribution in [-0.2, 0) is 4.79 Å². The Morgan fingerprint density at radius 1 is 1.04 bits per heavy atom. The van der Waals surface area contributed by atoms with Gasteiger partial charge in [-0.1, -0.05) is 35.5 Å². The van der Waals surface area contributed by atoms with Crippen LogP contribution in [0, 0.1) is 0 Å². The minimum Gasteiger partial charge on any atom is -0.343 e. The van der Waals surface area contributed by atoms with Gasteiger partial charge in [0.15, 0.2) is 0 Å². The van der Waals surface area contributed by atoms with E-state index in [1.807, 2.05) is 35.2 Å². The van der Waals surface area contributed by atoms with E-state index in [-0.39, 0.29) is 5.91 Å². The molecule has 0 unspecified atom stereocenters. The first-order valence-corrected chi connectivity index (χ1v) is 9.59. The number of rotatable bonds is 3. The van der Waals surface area contributed by atoms with E-state index in [2.05, 4.69) is 15.0 Å². The Morgan fingerprint density at radius 2 is 1.73 bits per heavy atom. The lowest BCUT2D eigenvalue weighted by Crippen LogP contribution is -2.48. The number of hydrogen-bond acceptors (Lipinski definition) is 5. The largest absolute Gasteiger partial charge is 0.343 e. The summed E-state index contributed by atoms with van der Waals surface area (Å²) >= 11 is 0. The van der Waals surface area contributed by atoms with E-state index >= 15 is 0 Å². The summed E-state index contributed by atoms with van der Waals surface area (Å²) in [5.41, 5.74) is 0.997. The summed E-state index contributed by atoms with van der Waals surface area (Å²) in [6, 6.07) is 10.6. The number of carbonyl (C=O) groups excluding carboxylic acids is 1. The van der Waals surface area contributed by atoms with Crippen LogP contribution in [0.15, 0.2) is 34.9 Å². The molecule has 2 saturated heterocycles. The van der Waals surface area contributed by atoms with Crippen molar-refractivity contribution in [3.8, 4) is 11.4 Å². The second kappa shape index (κ2) is 7.58. The van der Waals surface area contributed by atoms with Gasteiger partial charge in [0.2, 0.25) is 17.6 Å². The van der Waals surface area contributed by atoms with Crippen molar-refractivity contribution in [1.82, 2.24) is 19.9 Å². The maximum Gasteiger partial charge on any atom is 0.230 e.